The van der Waals surface area contributed by atoms with Crippen molar-refractivity contribution in [3.63, 3.8) is 0 Å². The maximum absolute atomic E-state index is 14.4. The number of hydrogen-bond donors (Lipinski definition) is 1. The van der Waals surface area contributed by atoms with Gasteiger partial charge in [0.05, 0.1) is 17.7 Å². The minimum Gasteiger partial charge on any atom is -0.497 e. The summed E-state index contributed by atoms with van der Waals surface area (Å²) in [5.41, 5.74) is 3.00. The fourth-order valence-corrected chi connectivity index (χ4v) is 7.25. The van der Waals surface area contributed by atoms with Crippen molar-refractivity contribution in [2.45, 2.75) is 89.2 Å². The zero-order valence-electron chi connectivity index (χ0n) is 26.3. The number of hydrogen-bond acceptors (Lipinski definition) is 5. The van der Waals surface area contributed by atoms with Gasteiger partial charge in [-0.15, -0.1) is 0 Å². The number of benzene rings is 3. The first-order valence-corrected chi connectivity index (χ1v) is 17.0. The summed E-state index contributed by atoms with van der Waals surface area (Å²) in [7, 11) is -2.53. The molecular formula is C35H45N3O5S. The zero-order chi connectivity index (χ0) is 31.7. The Morgan fingerprint density at radius 1 is 0.932 bits per heavy atom. The highest BCUT2D eigenvalue weighted by Crippen LogP contribution is 2.29. The molecule has 3 aromatic rings. The summed E-state index contributed by atoms with van der Waals surface area (Å²) in [6.45, 7) is 5.43. The van der Waals surface area contributed by atoms with Gasteiger partial charge in [0.2, 0.25) is 11.8 Å². The number of ether oxygens (including phenoxy) is 1. The van der Waals surface area contributed by atoms with E-state index in [0.29, 0.717) is 24.3 Å². The van der Waals surface area contributed by atoms with Crippen LogP contribution in [0.2, 0.25) is 0 Å². The van der Waals surface area contributed by atoms with E-state index in [1.807, 2.05) is 57.2 Å². The molecular weight excluding hydrogens is 574 g/mol. The van der Waals surface area contributed by atoms with Gasteiger partial charge in [0.1, 0.15) is 18.3 Å². The summed E-state index contributed by atoms with van der Waals surface area (Å²) >= 11 is 0. The van der Waals surface area contributed by atoms with Crippen molar-refractivity contribution in [1.82, 2.24) is 10.2 Å². The second-order valence-corrected chi connectivity index (χ2v) is 13.3. The minimum absolute atomic E-state index is 0.0816. The summed E-state index contributed by atoms with van der Waals surface area (Å²) in [5.74, 6) is 0.0245. The number of methoxy groups -OCH3 is 1. The van der Waals surface area contributed by atoms with Crippen molar-refractivity contribution in [3.05, 3.63) is 89.5 Å². The molecule has 44 heavy (non-hydrogen) atoms. The Balaban J connectivity index is 1.73. The second-order valence-electron chi connectivity index (χ2n) is 11.4. The van der Waals surface area contributed by atoms with Crippen molar-refractivity contribution < 1.29 is 22.7 Å². The molecule has 0 bridgehead atoms. The first-order chi connectivity index (χ1) is 21.2. The van der Waals surface area contributed by atoms with Crippen LogP contribution in [0.5, 0.6) is 5.75 Å². The molecule has 1 N–H and O–H groups in total. The average Bonchev–Trinajstić information content (AvgIpc) is 3.04. The van der Waals surface area contributed by atoms with Crippen molar-refractivity contribution in [2.24, 2.45) is 0 Å². The van der Waals surface area contributed by atoms with Crippen LogP contribution in [0.4, 0.5) is 5.69 Å². The summed E-state index contributed by atoms with van der Waals surface area (Å²) in [5, 5.41) is 3.19. The Kier molecular flexibility index (Phi) is 11.4. The van der Waals surface area contributed by atoms with Crippen LogP contribution in [0.3, 0.4) is 0 Å². The fourth-order valence-electron chi connectivity index (χ4n) is 5.80. The summed E-state index contributed by atoms with van der Waals surface area (Å²) < 4.78 is 34.9. The maximum Gasteiger partial charge on any atom is 0.264 e. The average molecular weight is 620 g/mol. The maximum atomic E-state index is 14.4. The molecule has 9 heteroatoms. The van der Waals surface area contributed by atoms with Crippen LogP contribution < -0.4 is 14.4 Å². The monoisotopic (exact) mass is 619 g/mol. The van der Waals surface area contributed by atoms with E-state index < -0.39 is 28.5 Å². The van der Waals surface area contributed by atoms with Gasteiger partial charge >= 0.3 is 0 Å². The predicted octanol–water partition coefficient (Wildman–Crippen LogP) is 6.02. The van der Waals surface area contributed by atoms with E-state index in [-0.39, 0.29) is 23.4 Å². The quantitative estimate of drug-likeness (QED) is 0.253. The topological polar surface area (TPSA) is 96.0 Å². The molecule has 8 nitrogen and oxygen atoms in total. The van der Waals surface area contributed by atoms with E-state index in [9.17, 15) is 18.0 Å². The normalized spacial score (nSPS) is 14.5. The Morgan fingerprint density at radius 2 is 1.59 bits per heavy atom. The molecule has 0 radical (unpaired) electrons. The lowest BCUT2D eigenvalue weighted by molar-refractivity contribution is -0.140. The van der Waals surface area contributed by atoms with Crippen molar-refractivity contribution in [3.8, 4) is 5.75 Å². The number of amides is 2. The van der Waals surface area contributed by atoms with Crippen LogP contribution in [0, 0.1) is 6.92 Å². The van der Waals surface area contributed by atoms with E-state index >= 15 is 0 Å². The molecule has 1 aliphatic rings. The highest BCUT2D eigenvalue weighted by atomic mass is 32.2. The molecule has 1 atom stereocenters. The predicted molar refractivity (Wildman–Crippen MR) is 174 cm³/mol. The highest BCUT2D eigenvalue weighted by molar-refractivity contribution is 7.92. The lowest BCUT2D eigenvalue weighted by Gasteiger charge is -2.35. The summed E-state index contributed by atoms with van der Waals surface area (Å²) in [6, 6.07) is 20.5. The molecule has 1 saturated carbocycles. The molecule has 2 amide bonds. The van der Waals surface area contributed by atoms with Crippen molar-refractivity contribution in [2.75, 3.05) is 18.0 Å². The molecule has 0 aliphatic heterocycles. The molecule has 236 valence electrons. The van der Waals surface area contributed by atoms with Gasteiger partial charge in [0, 0.05) is 12.6 Å². The lowest BCUT2D eigenvalue weighted by Crippen LogP contribution is -2.54. The first-order valence-electron chi connectivity index (χ1n) is 15.6. The number of carbonyl (C=O) groups excluding carboxylic acids is 2. The fraction of sp³-hybridized carbons (Fsp3) is 0.429. The first kappa shape index (κ1) is 33.1. The molecule has 3 aromatic carbocycles. The van der Waals surface area contributed by atoms with E-state index in [2.05, 4.69) is 5.32 Å². The van der Waals surface area contributed by atoms with E-state index in [0.717, 1.165) is 48.8 Å². The number of nitrogens with zero attached hydrogens (tertiary/aromatic N) is 2. The third-order valence-electron chi connectivity index (χ3n) is 8.38. The zero-order valence-corrected chi connectivity index (χ0v) is 27.1. The van der Waals surface area contributed by atoms with Crippen molar-refractivity contribution in [1.29, 1.82) is 0 Å². The molecule has 0 aromatic heterocycles. The van der Waals surface area contributed by atoms with Crippen LogP contribution in [-0.2, 0) is 32.6 Å². The Morgan fingerprint density at radius 3 is 2.20 bits per heavy atom. The van der Waals surface area contributed by atoms with Gasteiger partial charge in [-0.25, -0.2) is 8.42 Å². The molecule has 0 saturated heterocycles. The molecule has 4 rings (SSSR count). The van der Waals surface area contributed by atoms with Crippen LogP contribution in [0.1, 0.15) is 69.1 Å². The Hall–Kier alpha value is -3.85. The van der Waals surface area contributed by atoms with Gasteiger partial charge in [-0.1, -0.05) is 81.1 Å². The van der Waals surface area contributed by atoms with Crippen LogP contribution in [0.25, 0.3) is 0 Å². The van der Waals surface area contributed by atoms with Gasteiger partial charge in [-0.3, -0.25) is 13.9 Å². The van der Waals surface area contributed by atoms with Gasteiger partial charge in [0.15, 0.2) is 0 Å². The van der Waals surface area contributed by atoms with Gasteiger partial charge in [-0.2, -0.15) is 0 Å². The number of rotatable bonds is 13. The molecule has 0 unspecified atom stereocenters. The smallest absolute Gasteiger partial charge is 0.264 e. The summed E-state index contributed by atoms with van der Waals surface area (Å²) in [6.07, 6.45) is 6.11. The van der Waals surface area contributed by atoms with Crippen LogP contribution in [0.15, 0.2) is 77.7 Å². The highest BCUT2D eigenvalue weighted by Gasteiger charge is 2.35. The number of para-hydroxylation sites is 1. The Labute approximate surface area is 262 Å². The van der Waals surface area contributed by atoms with Gasteiger partial charge < -0.3 is 15.0 Å². The van der Waals surface area contributed by atoms with E-state index in [4.69, 9.17) is 4.74 Å². The third kappa shape index (κ3) is 8.00. The number of carbonyl (C=O) groups is 2. The molecule has 1 fully saturated rings. The van der Waals surface area contributed by atoms with Crippen LogP contribution >= 0.6 is 0 Å². The largest absolute Gasteiger partial charge is 0.497 e. The molecule has 1 aliphatic carbocycles. The number of aryl methyl sites for hydroxylation is 2. The molecule has 0 spiro atoms. The number of anilines is 1. The molecule has 0 heterocycles. The Bertz CT molecular complexity index is 1500. The van der Waals surface area contributed by atoms with Crippen molar-refractivity contribution >= 4 is 27.5 Å². The van der Waals surface area contributed by atoms with E-state index in [1.165, 1.54) is 9.21 Å². The lowest BCUT2D eigenvalue weighted by atomic mass is 9.95. The second kappa shape index (κ2) is 15.2. The van der Waals surface area contributed by atoms with E-state index in [1.54, 1.807) is 43.5 Å². The SMILES string of the molecule is CCc1ccccc1N(CC(=O)N(Cc1ccc(OC)cc1)[C@@H](CC)C(=O)NC1CCCCC1)S(=O)(=O)c1ccc(C)cc1. The summed E-state index contributed by atoms with van der Waals surface area (Å²) in [4.78, 5) is 29.8. The number of sulfonamides is 1. The third-order valence-corrected chi connectivity index (χ3v) is 10.2. The van der Waals surface area contributed by atoms with Crippen LogP contribution in [-0.4, -0.2) is 50.9 Å². The van der Waals surface area contributed by atoms with Gasteiger partial charge in [-0.05, 0) is 74.1 Å². The minimum atomic E-state index is -4.12. The number of nitrogens with one attached hydrogen (secondary N) is 1. The van der Waals surface area contributed by atoms with Gasteiger partial charge in [0.25, 0.3) is 10.0 Å². The standard InChI is InChI=1S/C35H45N3O5S/c1-5-28-12-10-11-15-33(28)38(44(41,42)31-22-16-26(3)17-23-31)25-34(39)37(24-27-18-20-30(43-4)21-19-27)32(6-2)35(40)36-29-13-8-7-9-14-29/h10-12,15-23,29,32H,5-9,13-14,24-25H2,1-4H3,(H,36,40)/t32-/m0/s1.